The van der Waals surface area contributed by atoms with Crippen molar-refractivity contribution < 1.29 is 0 Å². The van der Waals surface area contributed by atoms with Crippen molar-refractivity contribution in [1.29, 1.82) is 0 Å². The summed E-state index contributed by atoms with van der Waals surface area (Å²) in [4.78, 5) is 8.85. The first-order valence-electron chi connectivity index (χ1n) is 6.44. The molecule has 5 heteroatoms. The van der Waals surface area contributed by atoms with Crippen molar-refractivity contribution in [2.45, 2.75) is 19.9 Å². The number of hydrogen-bond donors (Lipinski definition) is 1. The molecule has 102 valence electrons. The number of rotatable bonds is 3. The normalized spacial score (nSPS) is 12.5. The smallest absolute Gasteiger partial charge is 0.178 e. The SMILES string of the molecule is Cc1cnc(C(C)n2c(-c3ccccc3)c[nH]c2=S)s1. The van der Waals surface area contributed by atoms with Crippen molar-refractivity contribution >= 4 is 23.6 Å². The summed E-state index contributed by atoms with van der Waals surface area (Å²) in [6, 6.07) is 10.4. The molecule has 2 heterocycles. The molecule has 0 aliphatic rings. The fourth-order valence-corrected chi connectivity index (χ4v) is 3.40. The number of aromatic nitrogens is 3. The lowest BCUT2D eigenvalue weighted by Gasteiger charge is -2.14. The van der Waals surface area contributed by atoms with Crippen LogP contribution in [0.2, 0.25) is 0 Å². The van der Waals surface area contributed by atoms with Crippen molar-refractivity contribution in [3.8, 4) is 11.3 Å². The number of aromatic amines is 1. The highest BCUT2D eigenvalue weighted by Crippen LogP contribution is 2.29. The Labute approximate surface area is 126 Å². The summed E-state index contributed by atoms with van der Waals surface area (Å²) in [5, 5.41) is 1.08. The van der Waals surface area contributed by atoms with Gasteiger partial charge in [-0.3, -0.25) is 0 Å². The monoisotopic (exact) mass is 301 g/mol. The van der Waals surface area contributed by atoms with E-state index in [1.807, 2.05) is 30.6 Å². The van der Waals surface area contributed by atoms with E-state index in [9.17, 15) is 0 Å². The minimum absolute atomic E-state index is 0.127. The van der Waals surface area contributed by atoms with Crippen molar-refractivity contribution in [1.82, 2.24) is 14.5 Å². The summed E-state index contributed by atoms with van der Waals surface area (Å²) >= 11 is 7.15. The second kappa shape index (κ2) is 5.34. The van der Waals surface area contributed by atoms with Crippen LogP contribution >= 0.6 is 23.6 Å². The maximum absolute atomic E-state index is 5.44. The average molecular weight is 301 g/mol. The van der Waals surface area contributed by atoms with Gasteiger partial charge < -0.3 is 9.55 Å². The number of nitrogens with zero attached hydrogens (tertiary/aromatic N) is 2. The lowest BCUT2D eigenvalue weighted by molar-refractivity contribution is 0.632. The van der Waals surface area contributed by atoms with Crippen LogP contribution in [0, 0.1) is 11.7 Å². The second-order valence-corrected chi connectivity index (χ2v) is 6.35. The molecule has 0 fully saturated rings. The quantitative estimate of drug-likeness (QED) is 0.718. The summed E-state index contributed by atoms with van der Waals surface area (Å²) in [5.41, 5.74) is 2.25. The predicted octanol–water partition coefficient (Wildman–Crippen LogP) is 4.59. The Bertz CT molecular complexity index is 768. The third kappa shape index (κ3) is 2.34. The molecule has 1 N–H and O–H groups in total. The van der Waals surface area contributed by atoms with E-state index < -0.39 is 0 Å². The number of benzene rings is 1. The Morgan fingerprint density at radius 1 is 1.30 bits per heavy atom. The largest absolute Gasteiger partial charge is 0.337 e. The molecule has 1 aromatic carbocycles. The van der Waals surface area contributed by atoms with Crippen molar-refractivity contribution in [3.05, 3.63) is 57.4 Å². The van der Waals surface area contributed by atoms with Crippen LogP contribution in [0.25, 0.3) is 11.3 Å². The number of nitrogens with one attached hydrogen (secondary N) is 1. The fraction of sp³-hybridized carbons (Fsp3) is 0.200. The van der Waals surface area contributed by atoms with E-state index in [2.05, 4.69) is 40.5 Å². The van der Waals surface area contributed by atoms with Crippen molar-refractivity contribution in [2.24, 2.45) is 0 Å². The summed E-state index contributed by atoms with van der Waals surface area (Å²) in [7, 11) is 0. The molecule has 0 aliphatic heterocycles. The van der Waals surface area contributed by atoms with E-state index in [0.717, 1.165) is 21.0 Å². The Hall–Kier alpha value is -1.72. The molecule has 0 saturated carbocycles. The minimum atomic E-state index is 0.127. The molecule has 0 bridgehead atoms. The zero-order chi connectivity index (χ0) is 14.1. The van der Waals surface area contributed by atoms with Gasteiger partial charge in [0.05, 0.1) is 11.7 Å². The van der Waals surface area contributed by atoms with Gasteiger partial charge in [-0.15, -0.1) is 11.3 Å². The van der Waals surface area contributed by atoms with Crippen LogP contribution in [0.5, 0.6) is 0 Å². The first kappa shape index (κ1) is 13.3. The van der Waals surface area contributed by atoms with Crippen LogP contribution in [-0.4, -0.2) is 14.5 Å². The predicted molar refractivity (Wildman–Crippen MR) is 85.7 cm³/mol. The molecule has 0 spiro atoms. The zero-order valence-electron chi connectivity index (χ0n) is 11.3. The standard InChI is InChI=1S/C15H15N3S2/c1-10-8-16-14(20-10)11(2)18-13(9-17-15(18)19)12-6-4-3-5-7-12/h3-9,11H,1-2H3,(H,17,19). The first-order valence-corrected chi connectivity index (χ1v) is 7.67. The molecule has 1 unspecified atom stereocenters. The molecule has 3 rings (SSSR count). The molecule has 0 amide bonds. The summed E-state index contributed by atoms with van der Waals surface area (Å²) in [6.45, 7) is 4.21. The third-order valence-corrected chi connectivity index (χ3v) is 4.66. The maximum Gasteiger partial charge on any atom is 0.178 e. The molecule has 20 heavy (non-hydrogen) atoms. The van der Waals surface area contributed by atoms with Crippen LogP contribution in [0.15, 0.2) is 42.7 Å². The van der Waals surface area contributed by atoms with Crippen LogP contribution in [-0.2, 0) is 0 Å². The molecule has 0 saturated heterocycles. The maximum atomic E-state index is 5.44. The van der Waals surface area contributed by atoms with Gasteiger partial charge in [0, 0.05) is 17.3 Å². The van der Waals surface area contributed by atoms with Crippen LogP contribution in [0.3, 0.4) is 0 Å². The van der Waals surface area contributed by atoms with Crippen LogP contribution < -0.4 is 0 Å². The molecular formula is C15H15N3S2. The molecule has 3 aromatic rings. The van der Waals surface area contributed by atoms with Gasteiger partial charge in [0.25, 0.3) is 0 Å². The highest BCUT2D eigenvalue weighted by molar-refractivity contribution is 7.71. The Balaban J connectivity index is 2.10. The Morgan fingerprint density at radius 3 is 2.70 bits per heavy atom. The van der Waals surface area contributed by atoms with Crippen LogP contribution in [0.4, 0.5) is 0 Å². The Kier molecular flexibility index (Phi) is 3.54. The number of thiazole rings is 1. The first-order chi connectivity index (χ1) is 9.66. The minimum Gasteiger partial charge on any atom is -0.337 e. The van der Waals surface area contributed by atoms with Gasteiger partial charge in [0.2, 0.25) is 0 Å². The van der Waals surface area contributed by atoms with Gasteiger partial charge in [-0.25, -0.2) is 4.98 Å². The molecule has 0 radical (unpaired) electrons. The molecular weight excluding hydrogens is 286 g/mol. The van der Waals surface area contributed by atoms with E-state index in [1.165, 1.54) is 4.88 Å². The van der Waals surface area contributed by atoms with E-state index >= 15 is 0 Å². The highest BCUT2D eigenvalue weighted by atomic mass is 32.1. The lowest BCUT2D eigenvalue weighted by Crippen LogP contribution is -2.08. The van der Waals surface area contributed by atoms with Crippen molar-refractivity contribution in [2.75, 3.05) is 0 Å². The molecule has 2 aromatic heterocycles. The lowest BCUT2D eigenvalue weighted by atomic mass is 10.1. The molecule has 3 nitrogen and oxygen atoms in total. The average Bonchev–Trinajstić information content (AvgIpc) is 3.05. The Morgan fingerprint density at radius 2 is 2.05 bits per heavy atom. The van der Waals surface area contributed by atoms with E-state index in [4.69, 9.17) is 12.2 Å². The zero-order valence-corrected chi connectivity index (χ0v) is 13.0. The number of hydrogen-bond acceptors (Lipinski definition) is 3. The van der Waals surface area contributed by atoms with Gasteiger partial charge in [-0.2, -0.15) is 0 Å². The van der Waals surface area contributed by atoms with Crippen LogP contribution in [0.1, 0.15) is 22.9 Å². The second-order valence-electron chi connectivity index (χ2n) is 4.70. The fourth-order valence-electron chi connectivity index (χ4n) is 2.27. The molecule has 0 aliphatic carbocycles. The topological polar surface area (TPSA) is 33.6 Å². The van der Waals surface area contributed by atoms with Gasteiger partial charge in [-0.1, -0.05) is 30.3 Å². The van der Waals surface area contributed by atoms with E-state index in [1.54, 1.807) is 11.3 Å². The van der Waals surface area contributed by atoms with Gasteiger partial charge in [0.15, 0.2) is 4.77 Å². The van der Waals surface area contributed by atoms with Crippen molar-refractivity contribution in [3.63, 3.8) is 0 Å². The highest BCUT2D eigenvalue weighted by Gasteiger charge is 2.16. The number of aryl methyl sites for hydroxylation is 1. The summed E-state index contributed by atoms with van der Waals surface area (Å²) in [6.07, 6.45) is 3.88. The summed E-state index contributed by atoms with van der Waals surface area (Å²) in [5.74, 6) is 0. The van der Waals surface area contributed by atoms with Gasteiger partial charge in [-0.05, 0) is 31.6 Å². The number of H-pyrrole nitrogens is 1. The van der Waals surface area contributed by atoms with E-state index in [0.29, 0.717) is 0 Å². The third-order valence-electron chi connectivity index (χ3n) is 3.26. The van der Waals surface area contributed by atoms with Gasteiger partial charge >= 0.3 is 0 Å². The summed E-state index contributed by atoms with van der Waals surface area (Å²) < 4.78 is 2.85. The van der Waals surface area contributed by atoms with E-state index in [-0.39, 0.29) is 6.04 Å². The number of imidazole rings is 1. The molecule has 1 atom stereocenters. The van der Waals surface area contributed by atoms with Gasteiger partial charge in [0.1, 0.15) is 5.01 Å².